The number of rotatable bonds is 6. The molecule has 0 saturated heterocycles. The van der Waals surface area contributed by atoms with Crippen LogP contribution in [0.3, 0.4) is 0 Å². The molecule has 0 aliphatic carbocycles. The third-order valence-corrected chi connectivity index (χ3v) is 4.49. The fourth-order valence-electron chi connectivity index (χ4n) is 2.00. The van der Waals surface area contributed by atoms with Gasteiger partial charge in [0.15, 0.2) is 0 Å². The van der Waals surface area contributed by atoms with Crippen LogP contribution in [0.15, 0.2) is 45.9 Å². The number of hydrogen-bond donors (Lipinski definition) is 1. The highest BCUT2D eigenvalue weighted by atomic mass is 32.1. The van der Waals surface area contributed by atoms with E-state index in [1.54, 1.807) is 27.4 Å². The number of carbonyl (C=O) groups excluding carboxylic acids is 1. The van der Waals surface area contributed by atoms with Crippen LogP contribution in [0.5, 0.6) is 0 Å². The zero-order valence-electron chi connectivity index (χ0n) is 11.4. The highest BCUT2D eigenvalue weighted by Gasteiger charge is 2.06. The molecule has 3 rings (SSSR count). The van der Waals surface area contributed by atoms with Gasteiger partial charge in [-0.25, -0.2) is 0 Å². The van der Waals surface area contributed by atoms with Crippen molar-refractivity contribution in [3.05, 3.63) is 51.5 Å². The second kappa shape index (κ2) is 6.69. The van der Waals surface area contributed by atoms with Gasteiger partial charge >= 0.3 is 0 Å². The Labute approximate surface area is 131 Å². The van der Waals surface area contributed by atoms with Crippen molar-refractivity contribution in [3.8, 4) is 11.3 Å². The number of hydrogen-bond acceptors (Lipinski definition) is 4. The van der Waals surface area contributed by atoms with Crippen LogP contribution in [-0.2, 0) is 17.8 Å². The van der Waals surface area contributed by atoms with Crippen molar-refractivity contribution in [2.45, 2.75) is 13.0 Å². The molecule has 1 amide bonds. The van der Waals surface area contributed by atoms with E-state index in [1.165, 1.54) is 5.56 Å². The summed E-state index contributed by atoms with van der Waals surface area (Å²) in [6, 6.07) is 6.04. The van der Waals surface area contributed by atoms with Crippen molar-refractivity contribution < 1.29 is 4.79 Å². The molecule has 0 radical (unpaired) electrons. The molecule has 0 fully saturated rings. The minimum absolute atomic E-state index is 0.00908. The summed E-state index contributed by atoms with van der Waals surface area (Å²) in [5.74, 6) is -0.00908. The van der Waals surface area contributed by atoms with Gasteiger partial charge in [0, 0.05) is 23.7 Å². The van der Waals surface area contributed by atoms with Gasteiger partial charge in [-0.3, -0.25) is 9.48 Å². The zero-order valence-corrected chi connectivity index (χ0v) is 13.0. The zero-order chi connectivity index (χ0) is 14.5. The van der Waals surface area contributed by atoms with Gasteiger partial charge < -0.3 is 5.32 Å². The van der Waals surface area contributed by atoms with Gasteiger partial charge in [0.1, 0.15) is 6.54 Å². The fourth-order valence-corrected chi connectivity index (χ4v) is 3.35. The smallest absolute Gasteiger partial charge is 0.241 e. The van der Waals surface area contributed by atoms with Crippen LogP contribution in [-0.4, -0.2) is 22.2 Å². The molecule has 0 spiro atoms. The van der Waals surface area contributed by atoms with E-state index < -0.39 is 0 Å². The van der Waals surface area contributed by atoms with E-state index in [4.69, 9.17) is 0 Å². The molecule has 0 aliphatic heterocycles. The quantitative estimate of drug-likeness (QED) is 0.759. The average Bonchev–Trinajstić information content (AvgIpc) is 3.21. The Morgan fingerprint density at radius 2 is 2.05 bits per heavy atom. The predicted molar refractivity (Wildman–Crippen MR) is 86.6 cm³/mol. The third-order valence-electron chi connectivity index (χ3n) is 3.08. The molecule has 3 aromatic rings. The van der Waals surface area contributed by atoms with E-state index in [2.05, 4.69) is 21.9 Å². The summed E-state index contributed by atoms with van der Waals surface area (Å²) in [6.07, 6.45) is 2.71. The van der Waals surface area contributed by atoms with Crippen molar-refractivity contribution in [2.75, 3.05) is 6.54 Å². The summed E-state index contributed by atoms with van der Waals surface area (Å²) in [6.45, 7) is 0.919. The molecule has 3 heterocycles. The van der Waals surface area contributed by atoms with Gasteiger partial charge in [0.2, 0.25) is 5.91 Å². The standard InChI is InChI=1S/C15H15N3OS2/c19-15(16-5-1-12-3-7-20-10-12)9-18-6-2-14(17-18)13-4-8-21-11-13/h2-4,6-8,10-11H,1,5,9H2,(H,16,19). The van der Waals surface area contributed by atoms with E-state index in [9.17, 15) is 4.79 Å². The van der Waals surface area contributed by atoms with Crippen LogP contribution >= 0.6 is 22.7 Å². The summed E-state index contributed by atoms with van der Waals surface area (Å²) in [4.78, 5) is 11.9. The lowest BCUT2D eigenvalue weighted by Gasteiger charge is -2.04. The van der Waals surface area contributed by atoms with Crippen molar-refractivity contribution in [3.63, 3.8) is 0 Å². The number of carbonyl (C=O) groups is 1. The highest BCUT2D eigenvalue weighted by molar-refractivity contribution is 7.08. The monoisotopic (exact) mass is 317 g/mol. The molecule has 0 aromatic carbocycles. The van der Waals surface area contributed by atoms with E-state index >= 15 is 0 Å². The first kappa shape index (κ1) is 14.0. The number of aromatic nitrogens is 2. The van der Waals surface area contributed by atoms with Crippen molar-refractivity contribution in [1.82, 2.24) is 15.1 Å². The number of nitrogens with zero attached hydrogens (tertiary/aromatic N) is 2. The molecule has 3 aromatic heterocycles. The predicted octanol–water partition coefficient (Wildman–Crippen LogP) is 3.03. The number of nitrogens with one attached hydrogen (secondary N) is 1. The molecular formula is C15H15N3OS2. The lowest BCUT2D eigenvalue weighted by Crippen LogP contribution is -2.29. The summed E-state index contributed by atoms with van der Waals surface area (Å²) >= 11 is 3.32. The average molecular weight is 317 g/mol. The maximum Gasteiger partial charge on any atom is 0.241 e. The third kappa shape index (κ3) is 3.80. The molecule has 21 heavy (non-hydrogen) atoms. The molecule has 4 nitrogen and oxygen atoms in total. The first-order valence-electron chi connectivity index (χ1n) is 6.65. The molecule has 0 atom stereocenters. The molecule has 0 saturated carbocycles. The lowest BCUT2D eigenvalue weighted by molar-refractivity contribution is -0.121. The topological polar surface area (TPSA) is 46.9 Å². The van der Waals surface area contributed by atoms with Crippen molar-refractivity contribution in [1.29, 1.82) is 0 Å². The Kier molecular flexibility index (Phi) is 4.47. The number of thiophene rings is 2. The Balaban J connectivity index is 1.48. The normalized spacial score (nSPS) is 10.7. The number of amides is 1. The first-order valence-corrected chi connectivity index (χ1v) is 8.53. The van der Waals surface area contributed by atoms with Crippen LogP contribution in [0.1, 0.15) is 5.56 Å². The molecule has 0 aliphatic rings. The minimum Gasteiger partial charge on any atom is -0.354 e. The molecule has 0 bridgehead atoms. The van der Waals surface area contributed by atoms with Crippen LogP contribution in [0.4, 0.5) is 0 Å². The first-order chi connectivity index (χ1) is 10.3. The molecular weight excluding hydrogens is 302 g/mol. The van der Waals surface area contributed by atoms with Crippen LogP contribution in [0.2, 0.25) is 0 Å². The van der Waals surface area contributed by atoms with Crippen molar-refractivity contribution in [2.24, 2.45) is 0 Å². The van der Waals surface area contributed by atoms with E-state index in [0.717, 1.165) is 17.7 Å². The Morgan fingerprint density at radius 1 is 1.19 bits per heavy atom. The maximum atomic E-state index is 11.9. The molecule has 0 unspecified atom stereocenters. The largest absolute Gasteiger partial charge is 0.354 e. The van der Waals surface area contributed by atoms with Gasteiger partial charge in [-0.05, 0) is 46.3 Å². The van der Waals surface area contributed by atoms with Gasteiger partial charge in [-0.15, -0.1) is 0 Å². The summed E-state index contributed by atoms with van der Waals surface area (Å²) < 4.78 is 1.67. The van der Waals surface area contributed by atoms with Crippen LogP contribution < -0.4 is 5.32 Å². The summed E-state index contributed by atoms with van der Waals surface area (Å²) in [5.41, 5.74) is 3.26. The SMILES string of the molecule is O=C(Cn1ccc(-c2ccsc2)n1)NCCc1ccsc1. The molecule has 108 valence electrons. The van der Waals surface area contributed by atoms with Gasteiger partial charge in [0.25, 0.3) is 0 Å². The Hall–Kier alpha value is -1.92. The van der Waals surface area contributed by atoms with Crippen LogP contribution in [0, 0.1) is 0 Å². The van der Waals surface area contributed by atoms with E-state index in [0.29, 0.717) is 6.54 Å². The Morgan fingerprint density at radius 3 is 2.81 bits per heavy atom. The lowest BCUT2D eigenvalue weighted by atomic mass is 10.2. The van der Waals surface area contributed by atoms with Crippen molar-refractivity contribution >= 4 is 28.6 Å². The van der Waals surface area contributed by atoms with E-state index in [-0.39, 0.29) is 12.5 Å². The molecule has 6 heteroatoms. The van der Waals surface area contributed by atoms with E-state index in [1.807, 2.05) is 34.5 Å². The maximum absolute atomic E-state index is 11.9. The van der Waals surface area contributed by atoms with Gasteiger partial charge in [0.05, 0.1) is 5.69 Å². The summed E-state index contributed by atoms with van der Waals surface area (Å²) in [5, 5.41) is 15.6. The van der Waals surface area contributed by atoms with Crippen LogP contribution in [0.25, 0.3) is 11.3 Å². The van der Waals surface area contributed by atoms with Gasteiger partial charge in [-0.1, -0.05) is 0 Å². The van der Waals surface area contributed by atoms with Gasteiger partial charge in [-0.2, -0.15) is 27.8 Å². The Bertz CT molecular complexity index is 686. The minimum atomic E-state index is -0.00908. The second-order valence-corrected chi connectivity index (χ2v) is 6.20. The second-order valence-electron chi connectivity index (χ2n) is 4.64. The molecule has 1 N–H and O–H groups in total. The summed E-state index contributed by atoms with van der Waals surface area (Å²) in [7, 11) is 0. The highest BCUT2D eigenvalue weighted by Crippen LogP contribution is 2.19. The fraction of sp³-hybridized carbons (Fsp3) is 0.200.